The summed E-state index contributed by atoms with van der Waals surface area (Å²) in [6.07, 6.45) is 5.12. The average Bonchev–Trinajstić information content (AvgIpc) is 2.62. The smallest absolute Gasteiger partial charge is 0.244 e. The van der Waals surface area contributed by atoms with Gasteiger partial charge in [-0.05, 0) is 41.3 Å². The average molecular weight is 320 g/mol. The molecule has 24 heavy (non-hydrogen) atoms. The van der Waals surface area contributed by atoms with E-state index in [0.717, 1.165) is 11.3 Å². The quantitative estimate of drug-likeness (QED) is 0.720. The van der Waals surface area contributed by atoms with Crippen molar-refractivity contribution in [3.8, 4) is 0 Å². The Morgan fingerprint density at radius 1 is 1.00 bits per heavy atom. The molecule has 0 spiro atoms. The number of anilines is 3. The van der Waals surface area contributed by atoms with Crippen molar-refractivity contribution in [3.63, 3.8) is 0 Å². The first kappa shape index (κ1) is 15.9. The van der Waals surface area contributed by atoms with E-state index in [9.17, 15) is 0 Å². The van der Waals surface area contributed by atoms with E-state index >= 15 is 0 Å². The van der Waals surface area contributed by atoms with Gasteiger partial charge in [0.1, 0.15) is 0 Å². The lowest BCUT2D eigenvalue weighted by Gasteiger charge is -2.09. The zero-order chi connectivity index (χ0) is 16.8. The second-order valence-corrected chi connectivity index (χ2v) is 5.78. The Hall–Kier alpha value is -3.02. The summed E-state index contributed by atoms with van der Waals surface area (Å²) in [5.74, 6) is 1.65. The normalized spacial score (nSPS) is 10.6. The Morgan fingerprint density at radius 3 is 2.46 bits per heavy atom. The highest BCUT2D eigenvalue weighted by Gasteiger charge is 2.03. The number of hydrogen-bond acceptors (Lipinski definition) is 6. The van der Waals surface area contributed by atoms with Gasteiger partial charge in [-0.3, -0.25) is 4.98 Å². The molecule has 0 unspecified atom stereocenters. The van der Waals surface area contributed by atoms with Crippen molar-refractivity contribution in [1.29, 1.82) is 0 Å². The molecule has 1 aromatic carbocycles. The molecule has 6 nitrogen and oxygen atoms in total. The van der Waals surface area contributed by atoms with Gasteiger partial charge >= 0.3 is 0 Å². The van der Waals surface area contributed by atoms with Crippen LogP contribution in [0.3, 0.4) is 0 Å². The first-order chi connectivity index (χ1) is 11.7. The van der Waals surface area contributed by atoms with Crippen molar-refractivity contribution in [2.45, 2.75) is 26.3 Å². The first-order valence-electron chi connectivity index (χ1n) is 7.90. The van der Waals surface area contributed by atoms with E-state index in [2.05, 4.69) is 56.8 Å². The fourth-order valence-electron chi connectivity index (χ4n) is 2.22. The van der Waals surface area contributed by atoms with Crippen molar-refractivity contribution in [1.82, 2.24) is 20.2 Å². The molecule has 0 fully saturated rings. The van der Waals surface area contributed by atoms with Crippen LogP contribution in [0.25, 0.3) is 0 Å². The highest BCUT2D eigenvalue weighted by molar-refractivity contribution is 5.56. The molecule has 3 aromatic rings. The molecule has 0 saturated carbocycles. The first-order valence-corrected chi connectivity index (χ1v) is 7.90. The SMILES string of the molecule is CC(C)c1ccc(Nc2cnnc(NCc3ccncc3)n2)cc1. The van der Waals surface area contributed by atoms with E-state index in [1.807, 2.05) is 24.3 Å². The molecule has 2 aromatic heterocycles. The largest absolute Gasteiger partial charge is 0.349 e. The topological polar surface area (TPSA) is 75.6 Å². The summed E-state index contributed by atoms with van der Waals surface area (Å²) < 4.78 is 0. The van der Waals surface area contributed by atoms with Gasteiger partial charge in [0.15, 0.2) is 5.82 Å². The van der Waals surface area contributed by atoms with Crippen LogP contribution in [0.1, 0.15) is 30.9 Å². The van der Waals surface area contributed by atoms with E-state index in [4.69, 9.17) is 0 Å². The van der Waals surface area contributed by atoms with Gasteiger partial charge in [0, 0.05) is 24.6 Å². The summed E-state index contributed by atoms with van der Waals surface area (Å²) in [7, 11) is 0. The Morgan fingerprint density at radius 2 is 1.75 bits per heavy atom. The van der Waals surface area contributed by atoms with Gasteiger partial charge in [0.2, 0.25) is 5.95 Å². The summed E-state index contributed by atoms with van der Waals surface area (Å²) in [5, 5.41) is 14.4. The molecule has 2 N–H and O–H groups in total. The van der Waals surface area contributed by atoms with Crippen molar-refractivity contribution in [2.24, 2.45) is 0 Å². The van der Waals surface area contributed by atoms with Crippen molar-refractivity contribution < 1.29 is 0 Å². The van der Waals surface area contributed by atoms with Gasteiger partial charge in [0.25, 0.3) is 0 Å². The molecule has 0 atom stereocenters. The minimum absolute atomic E-state index is 0.482. The molecule has 122 valence electrons. The molecule has 3 rings (SSSR count). The Kier molecular flexibility index (Phi) is 4.96. The fraction of sp³-hybridized carbons (Fsp3) is 0.222. The van der Waals surface area contributed by atoms with Crippen LogP contribution in [0.2, 0.25) is 0 Å². The summed E-state index contributed by atoms with van der Waals surface area (Å²) in [6, 6.07) is 12.2. The van der Waals surface area contributed by atoms with Crippen LogP contribution in [-0.4, -0.2) is 20.2 Å². The van der Waals surface area contributed by atoms with Gasteiger partial charge < -0.3 is 10.6 Å². The molecule has 0 amide bonds. The van der Waals surface area contributed by atoms with Gasteiger partial charge in [-0.1, -0.05) is 26.0 Å². The van der Waals surface area contributed by atoms with E-state index in [1.54, 1.807) is 18.6 Å². The highest BCUT2D eigenvalue weighted by atomic mass is 15.3. The highest BCUT2D eigenvalue weighted by Crippen LogP contribution is 2.19. The lowest BCUT2D eigenvalue weighted by atomic mass is 10.0. The summed E-state index contributed by atoms with van der Waals surface area (Å²) in [4.78, 5) is 8.43. The predicted molar refractivity (Wildman–Crippen MR) is 95.2 cm³/mol. The number of hydrogen-bond donors (Lipinski definition) is 2. The van der Waals surface area contributed by atoms with Crippen LogP contribution in [0, 0.1) is 0 Å². The van der Waals surface area contributed by atoms with Crippen LogP contribution in [0.5, 0.6) is 0 Å². The predicted octanol–water partition coefficient (Wildman–Crippen LogP) is 3.75. The number of nitrogens with one attached hydrogen (secondary N) is 2. The van der Waals surface area contributed by atoms with E-state index in [-0.39, 0.29) is 0 Å². The second-order valence-electron chi connectivity index (χ2n) is 5.78. The molecule has 0 saturated heterocycles. The molecule has 0 aliphatic rings. The minimum atomic E-state index is 0.482. The lowest BCUT2D eigenvalue weighted by Crippen LogP contribution is -2.06. The Balaban J connectivity index is 1.64. The number of benzene rings is 1. The summed E-state index contributed by atoms with van der Waals surface area (Å²) in [5.41, 5.74) is 3.39. The minimum Gasteiger partial charge on any atom is -0.349 e. The lowest BCUT2D eigenvalue weighted by molar-refractivity contribution is 0.867. The van der Waals surface area contributed by atoms with E-state index < -0.39 is 0 Å². The third kappa shape index (κ3) is 4.25. The van der Waals surface area contributed by atoms with Crippen LogP contribution < -0.4 is 10.6 Å². The molecular formula is C18H20N6. The van der Waals surface area contributed by atoms with E-state index in [1.165, 1.54) is 5.56 Å². The van der Waals surface area contributed by atoms with Gasteiger partial charge in [0.05, 0.1) is 6.20 Å². The monoisotopic (exact) mass is 320 g/mol. The summed E-state index contributed by atoms with van der Waals surface area (Å²) in [6.45, 7) is 4.98. The molecule has 0 aliphatic carbocycles. The standard InChI is InChI=1S/C18H20N6/c1-13(2)15-3-5-16(6-4-15)22-17-12-21-24-18(23-17)20-11-14-7-9-19-10-8-14/h3-10,12-13H,11H2,1-2H3,(H2,20,22,23,24). The van der Waals surface area contributed by atoms with Gasteiger partial charge in [-0.25, -0.2) is 0 Å². The molecule has 0 radical (unpaired) electrons. The number of pyridine rings is 1. The Labute approximate surface area is 141 Å². The maximum absolute atomic E-state index is 4.43. The molecule has 2 heterocycles. The van der Waals surface area contributed by atoms with E-state index in [0.29, 0.717) is 24.2 Å². The number of rotatable bonds is 6. The Bertz CT molecular complexity index is 771. The van der Waals surface area contributed by atoms with Crippen molar-refractivity contribution in [2.75, 3.05) is 10.6 Å². The number of nitrogens with zero attached hydrogens (tertiary/aromatic N) is 4. The van der Waals surface area contributed by atoms with Crippen LogP contribution in [0.4, 0.5) is 17.5 Å². The van der Waals surface area contributed by atoms with Gasteiger partial charge in [-0.15, -0.1) is 5.10 Å². The number of aromatic nitrogens is 4. The molecule has 0 aliphatic heterocycles. The summed E-state index contributed by atoms with van der Waals surface area (Å²) >= 11 is 0. The zero-order valence-corrected chi connectivity index (χ0v) is 13.8. The zero-order valence-electron chi connectivity index (χ0n) is 13.8. The van der Waals surface area contributed by atoms with Crippen molar-refractivity contribution >= 4 is 17.5 Å². The third-order valence-corrected chi connectivity index (χ3v) is 3.61. The van der Waals surface area contributed by atoms with Crippen LogP contribution in [-0.2, 0) is 6.54 Å². The fourth-order valence-corrected chi connectivity index (χ4v) is 2.22. The molecule has 6 heteroatoms. The van der Waals surface area contributed by atoms with Gasteiger partial charge in [-0.2, -0.15) is 10.1 Å². The third-order valence-electron chi connectivity index (χ3n) is 3.61. The molecular weight excluding hydrogens is 300 g/mol. The van der Waals surface area contributed by atoms with Crippen LogP contribution >= 0.6 is 0 Å². The maximum atomic E-state index is 4.43. The van der Waals surface area contributed by atoms with Crippen molar-refractivity contribution in [3.05, 3.63) is 66.1 Å². The maximum Gasteiger partial charge on any atom is 0.244 e. The van der Waals surface area contributed by atoms with Crippen LogP contribution in [0.15, 0.2) is 55.0 Å². The molecule has 0 bridgehead atoms. The second kappa shape index (κ2) is 7.50.